The van der Waals surface area contributed by atoms with Gasteiger partial charge in [-0.3, -0.25) is 9.59 Å². The zero-order chi connectivity index (χ0) is 19.4. The predicted molar refractivity (Wildman–Crippen MR) is 107 cm³/mol. The Balaban J connectivity index is 1.75. The Bertz CT molecular complexity index is 841. The highest BCUT2D eigenvalue weighted by Crippen LogP contribution is 2.32. The van der Waals surface area contributed by atoms with Gasteiger partial charge in [0, 0.05) is 17.3 Å². The summed E-state index contributed by atoms with van der Waals surface area (Å²) in [5.41, 5.74) is 2.73. The molecule has 0 heterocycles. The van der Waals surface area contributed by atoms with Crippen molar-refractivity contribution in [2.75, 3.05) is 17.2 Å². The van der Waals surface area contributed by atoms with Crippen molar-refractivity contribution in [3.63, 3.8) is 0 Å². The number of benzene rings is 2. The maximum atomic E-state index is 12.8. The van der Waals surface area contributed by atoms with Gasteiger partial charge in [0.2, 0.25) is 5.91 Å². The van der Waals surface area contributed by atoms with Crippen LogP contribution in [0, 0.1) is 18.8 Å². The molecule has 27 heavy (non-hydrogen) atoms. The third-order valence-electron chi connectivity index (χ3n) is 4.49. The molecule has 5 nitrogen and oxygen atoms in total. The largest absolute Gasteiger partial charge is 0.492 e. The number of amides is 2. The van der Waals surface area contributed by atoms with Crippen LogP contribution in [0.2, 0.25) is 0 Å². The van der Waals surface area contributed by atoms with E-state index in [1.54, 1.807) is 12.1 Å². The molecule has 0 spiro atoms. The molecule has 2 N–H and O–H groups in total. The molecule has 1 fully saturated rings. The van der Waals surface area contributed by atoms with Crippen LogP contribution < -0.4 is 15.4 Å². The lowest BCUT2D eigenvalue weighted by Gasteiger charge is -2.15. The lowest BCUT2D eigenvalue weighted by atomic mass is 10.1. The number of carbonyl (C=O) groups excluding carboxylic acids is 2. The summed E-state index contributed by atoms with van der Waals surface area (Å²) in [4.78, 5) is 24.8. The fourth-order valence-electron chi connectivity index (χ4n) is 2.71. The zero-order valence-corrected chi connectivity index (χ0v) is 16.0. The average molecular weight is 366 g/mol. The fraction of sp³-hybridized carbons (Fsp3) is 0.364. The molecule has 0 aromatic heterocycles. The molecule has 0 bridgehead atoms. The van der Waals surface area contributed by atoms with Crippen molar-refractivity contribution in [2.24, 2.45) is 11.8 Å². The quantitative estimate of drug-likeness (QED) is 0.751. The van der Waals surface area contributed by atoms with Crippen LogP contribution in [0.25, 0.3) is 0 Å². The van der Waals surface area contributed by atoms with E-state index >= 15 is 0 Å². The van der Waals surface area contributed by atoms with Crippen LogP contribution in [-0.4, -0.2) is 18.4 Å². The lowest BCUT2D eigenvalue weighted by Crippen LogP contribution is -2.17. The fourth-order valence-corrected chi connectivity index (χ4v) is 2.71. The summed E-state index contributed by atoms with van der Waals surface area (Å²) in [5.74, 6) is 0.888. The van der Waals surface area contributed by atoms with Gasteiger partial charge in [-0.1, -0.05) is 32.0 Å². The van der Waals surface area contributed by atoms with Gasteiger partial charge in [-0.15, -0.1) is 0 Å². The number of hydrogen-bond donors (Lipinski definition) is 2. The molecule has 0 unspecified atom stereocenters. The number of rotatable bonds is 7. The van der Waals surface area contributed by atoms with Crippen molar-refractivity contribution < 1.29 is 14.3 Å². The van der Waals surface area contributed by atoms with Crippen LogP contribution >= 0.6 is 0 Å². The molecule has 2 amide bonds. The highest BCUT2D eigenvalue weighted by Gasteiger charge is 2.29. The summed E-state index contributed by atoms with van der Waals surface area (Å²) >= 11 is 0. The van der Waals surface area contributed by atoms with E-state index in [4.69, 9.17) is 4.74 Å². The Morgan fingerprint density at radius 1 is 1.04 bits per heavy atom. The van der Waals surface area contributed by atoms with Gasteiger partial charge in [-0.2, -0.15) is 0 Å². The predicted octanol–water partition coefficient (Wildman–Crippen LogP) is 4.63. The van der Waals surface area contributed by atoms with E-state index in [1.807, 2.05) is 37.3 Å². The van der Waals surface area contributed by atoms with Gasteiger partial charge in [-0.05, 0) is 55.5 Å². The zero-order valence-electron chi connectivity index (χ0n) is 16.0. The summed E-state index contributed by atoms with van der Waals surface area (Å²) in [6, 6.07) is 12.7. The maximum Gasteiger partial charge on any atom is 0.259 e. The second-order valence-electron chi connectivity index (χ2n) is 7.40. The minimum atomic E-state index is -0.233. The molecule has 1 aliphatic rings. The molecular weight excluding hydrogens is 340 g/mol. The van der Waals surface area contributed by atoms with E-state index < -0.39 is 0 Å². The van der Waals surface area contributed by atoms with Crippen molar-refractivity contribution in [1.29, 1.82) is 0 Å². The van der Waals surface area contributed by atoms with Crippen LogP contribution in [0.4, 0.5) is 11.4 Å². The van der Waals surface area contributed by atoms with Crippen molar-refractivity contribution >= 4 is 23.2 Å². The van der Waals surface area contributed by atoms with Crippen molar-refractivity contribution in [2.45, 2.75) is 33.6 Å². The first kappa shape index (κ1) is 19.0. The number of hydrogen-bond acceptors (Lipinski definition) is 3. The normalized spacial score (nSPS) is 13.3. The molecule has 0 aliphatic heterocycles. The second-order valence-corrected chi connectivity index (χ2v) is 7.40. The highest BCUT2D eigenvalue weighted by molar-refractivity contribution is 6.07. The summed E-state index contributed by atoms with van der Waals surface area (Å²) in [7, 11) is 0. The summed E-state index contributed by atoms with van der Waals surface area (Å²) in [5, 5.41) is 5.90. The van der Waals surface area contributed by atoms with E-state index in [0.29, 0.717) is 29.5 Å². The standard InChI is InChI=1S/C22H26N2O3/c1-14(2)13-27-20-10-5-4-7-17(20)22(26)24-19-9-6-8-18(15(19)3)23-21(25)16-11-12-16/h4-10,14,16H,11-13H2,1-3H3,(H,23,25)(H,24,26). The Kier molecular flexibility index (Phi) is 5.79. The summed E-state index contributed by atoms with van der Waals surface area (Å²) in [6.45, 7) is 6.56. The molecule has 1 saturated carbocycles. The Morgan fingerprint density at radius 2 is 1.70 bits per heavy atom. The topological polar surface area (TPSA) is 67.4 Å². The van der Waals surface area contributed by atoms with Gasteiger partial charge in [0.15, 0.2) is 0 Å². The van der Waals surface area contributed by atoms with Crippen LogP contribution in [0.3, 0.4) is 0 Å². The van der Waals surface area contributed by atoms with Crippen molar-refractivity contribution in [3.05, 3.63) is 53.6 Å². The molecule has 142 valence electrons. The maximum absolute atomic E-state index is 12.8. The Morgan fingerprint density at radius 3 is 2.37 bits per heavy atom. The van der Waals surface area contributed by atoms with E-state index in [-0.39, 0.29) is 17.7 Å². The molecule has 2 aromatic carbocycles. The van der Waals surface area contributed by atoms with E-state index in [9.17, 15) is 9.59 Å². The van der Waals surface area contributed by atoms with Gasteiger partial charge in [0.05, 0.1) is 12.2 Å². The highest BCUT2D eigenvalue weighted by atomic mass is 16.5. The average Bonchev–Trinajstić information content (AvgIpc) is 3.48. The van der Waals surface area contributed by atoms with Crippen LogP contribution in [0.5, 0.6) is 5.75 Å². The number of para-hydroxylation sites is 1. The van der Waals surface area contributed by atoms with Crippen molar-refractivity contribution in [1.82, 2.24) is 0 Å². The number of anilines is 2. The summed E-state index contributed by atoms with van der Waals surface area (Å²) < 4.78 is 5.78. The lowest BCUT2D eigenvalue weighted by molar-refractivity contribution is -0.117. The molecule has 5 heteroatoms. The minimum absolute atomic E-state index is 0.0500. The van der Waals surface area contributed by atoms with E-state index in [2.05, 4.69) is 24.5 Å². The van der Waals surface area contributed by atoms with Crippen LogP contribution in [0.15, 0.2) is 42.5 Å². The van der Waals surface area contributed by atoms with E-state index in [0.717, 1.165) is 24.1 Å². The van der Waals surface area contributed by atoms with Crippen LogP contribution in [-0.2, 0) is 4.79 Å². The molecule has 2 aromatic rings. The van der Waals surface area contributed by atoms with Gasteiger partial charge in [0.25, 0.3) is 5.91 Å². The first-order valence-corrected chi connectivity index (χ1v) is 9.39. The Hall–Kier alpha value is -2.82. The Labute approximate surface area is 160 Å². The van der Waals surface area contributed by atoms with Gasteiger partial charge in [0.1, 0.15) is 5.75 Å². The first-order valence-electron chi connectivity index (χ1n) is 9.39. The first-order chi connectivity index (χ1) is 13.0. The van der Waals surface area contributed by atoms with E-state index in [1.165, 1.54) is 0 Å². The molecule has 0 atom stereocenters. The van der Waals surface area contributed by atoms with Crippen molar-refractivity contribution in [3.8, 4) is 5.75 Å². The number of carbonyl (C=O) groups is 2. The SMILES string of the molecule is Cc1c(NC(=O)c2ccccc2OCC(C)C)cccc1NC(=O)C1CC1. The van der Waals surface area contributed by atoms with Gasteiger partial charge >= 0.3 is 0 Å². The van der Waals surface area contributed by atoms with Gasteiger partial charge < -0.3 is 15.4 Å². The molecule has 1 aliphatic carbocycles. The molecule has 3 rings (SSSR count). The monoisotopic (exact) mass is 366 g/mol. The third kappa shape index (κ3) is 4.88. The van der Waals surface area contributed by atoms with Gasteiger partial charge in [-0.25, -0.2) is 0 Å². The summed E-state index contributed by atoms with van der Waals surface area (Å²) in [6.07, 6.45) is 1.91. The minimum Gasteiger partial charge on any atom is -0.492 e. The number of nitrogens with one attached hydrogen (secondary N) is 2. The second kappa shape index (κ2) is 8.25. The smallest absolute Gasteiger partial charge is 0.259 e. The third-order valence-corrected chi connectivity index (χ3v) is 4.49. The number of ether oxygens (including phenoxy) is 1. The molecule has 0 saturated heterocycles. The van der Waals surface area contributed by atoms with Crippen LogP contribution in [0.1, 0.15) is 42.6 Å². The molecular formula is C22H26N2O3. The molecule has 0 radical (unpaired) electrons.